The van der Waals surface area contributed by atoms with Crippen molar-refractivity contribution in [2.75, 3.05) is 19.8 Å². The van der Waals surface area contributed by atoms with Crippen molar-refractivity contribution in [1.29, 1.82) is 0 Å². The Labute approximate surface area is 143 Å². The number of nitrogens with one attached hydrogen (secondary N) is 1. The molecule has 0 aromatic heterocycles. The van der Waals surface area contributed by atoms with Crippen molar-refractivity contribution in [3.8, 4) is 0 Å². The number of hydrogen-bond acceptors (Lipinski definition) is 3. The van der Waals surface area contributed by atoms with Crippen LogP contribution in [0.15, 0.2) is 24.3 Å². The van der Waals surface area contributed by atoms with Crippen molar-refractivity contribution in [3.63, 3.8) is 0 Å². The van der Waals surface area contributed by atoms with Gasteiger partial charge in [0.2, 0.25) is 11.8 Å². The fraction of sp³-hybridized carbons (Fsp3) is 0.579. The van der Waals surface area contributed by atoms with Gasteiger partial charge in [0.1, 0.15) is 0 Å². The van der Waals surface area contributed by atoms with E-state index < -0.39 is 0 Å². The molecule has 1 atom stereocenters. The predicted octanol–water partition coefficient (Wildman–Crippen LogP) is 2.24. The summed E-state index contributed by atoms with van der Waals surface area (Å²) in [5.41, 5.74) is 2.21. The Hall–Kier alpha value is -1.88. The lowest BCUT2D eigenvalue weighted by atomic mass is 9.98. The number of nitrogens with zero attached hydrogens (tertiary/aromatic N) is 1. The summed E-state index contributed by atoms with van der Waals surface area (Å²) < 4.78 is 5.43. The van der Waals surface area contributed by atoms with Gasteiger partial charge in [-0.15, -0.1) is 0 Å². The van der Waals surface area contributed by atoms with Crippen LogP contribution in [0.5, 0.6) is 0 Å². The molecule has 130 valence electrons. The van der Waals surface area contributed by atoms with Gasteiger partial charge >= 0.3 is 0 Å². The Kier molecular flexibility index (Phi) is 5.86. The van der Waals surface area contributed by atoms with Crippen LogP contribution in [0.1, 0.15) is 43.2 Å². The summed E-state index contributed by atoms with van der Waals surface area (Å²) in [7, 11) is 0. The second kappa shape index (κ2) is 8.29. The monoisotopic (exact) mass is 330 g/mol. The Morgan fingerprint density at radius 1 is 1.25 bits per heavy atom. The van der Waals surface area contributed by atoms with E-state index in [-0.39, 0.29) is 11.8 Å². The van der Waals surface area contributed by atoms with Crippen LogP contribution in [-0.4, -0.2) is 36.5 Å². The maximum absolute atomic E-state index is 12.2. The molecule has 24 heavy (non-hydrogen) atoms. The average molecular weight is 330 g/mol. The quantitative estimate of drug-likeness (QED) is 0.870. The van der Waals surface area contributed by atoms with Gasteiger partial charge in [0.15, 0.2) is 0 Å². The lowest BCUT2D eigenvalue weighted by Gasteiger charge is -2.22. The highest BCUT2D eigenvalue weighted by Gasteiger charge is 2.21. The Bertz CT molecular complexity index is 582. The zero-order chi connectivity index (χ0) is 16.8. The first-order valence-corrected chi connectivity index (χ1v) is 8.91. The average Bonchev–Trinajstić information content (AvgIpc) is 3.00. The zero-order valence-electron chi connectivity index (χ0n) is 14.1. The van der Waals surface area contributed by atoms with Gasteiger partial charge in [-0.25, -0.2) is 0 Å². The van der Waals surface area contributed by atoms with E-state index >= 15 is 0 Å². The van der Waals surface area contributed by atoms with Gasteiger partial charge < -0.3 is 15.0 Å². The minimum absolute atomic E-state index is 0.0811. The standard InChI is InChI=1S/C19H26N2O3/c22-18(11-15-5-4-10-24-14-15)20-12-16-6-1-2-7-17(16)13-21-9-3-8-19(21)23/h1-2,6-7,15H,3-5,8-14H2,(H,20,22). The van der Waals surface area contributed by atoms with E-state index in [2.05, 4.69) is 5.32 Å². The zero-order valence-corrected chi connectivity index (χ0v) is 14.1. The first-order chi connectivity index (χ1) is 11.7. The molecule has 1 N–H and O–H groups in total. The molecule has 0 aliphatic carbocycles. The summed E-state index contributed by atoms with van der Waals surface area (Å²) in [5.74, 6) is 0.653. The van der Waals surface area contributed by atoms with E-state index in [4.69, 9.17) is 4.74 Å². The Morgan fingerprint density at radius 3 is 2.79 bits per heavy atom. The minimum Gasteiger partial charge on any atom is -0.381 e. The topological polar surface area (TPSA) is 58.6 Å². The number of likely N-dealkylation sites (tertiary alicyclic amines) is 1. The third kappa shape index (κ3) is 4.57. The largest absolute Gasteiger partial charge is 0.381 e. The molecule has 2 aliphatic heterocycles. The molecule has 0 radical (unpaired) electrons. The lowest BCUT2D eigenvalue weighted by molar-refractivity contribution is -0.128. The van der Waals surface area contributed by atoms with E-state index in [0.29, 0.717) is 38.5 Å². The van der Waals surface area contributed by atoms with Crippen molar-refractivity contribution < 1.29 is 14.3 Å². The van der Waals surface area contributed by atoms with E-state index in [9.17, 15) is 9.59 Å². The SMILES string of the molecule is O=C(CC1CCCOC1)NCc1ccccc1CN1CCCC1=O. The normalized spacial score (nSPS) is 21.1. The van der Waals surface area contributed by atoms with Gasteiger partial charge in [-0.2, -0.15) is 0 Å². The molecule has 5 nitrogen and oxygen atoms in total. The van der Waals surface area contributed by atoms with Crippen LogP contribution in [0.3, 0.4) is 0 Å². The highest BCUT2D eigenvalue weighted by Crippen LogP contribution is 2.18. The number of rotatable bonds is 6. The number of amides is 2. The van der Waals surface area contributed by atoms with Crippen molar-refractivity contribution in [2.45, 2.75) is 45.2 Å². The van der Waals surface area contributed by atoms with Crippen LogP contribution in [0, 0.1) is 5.92 Å². The van der Waals surface area contributed by atoms with Crippen LogP contribution in [0.2, 0.25) is 0 Å². The van der Waals surface area contributed by atoms with Gasteiger partial charge in [-0.1, -0.05) is 24.3 Å². The molecule has 0 spiro atoms. The molecule has 2 amide bonds. The van der Waals surface area contributed by atoms with Gasteiger partial charge in [0.05, 0.1) is 0 Å². The molecular formula is C19H26N2O3. The molecule has 0 bridgehead atoms. The van der Waals surface area contributed by atoms with E-state index in [1.54, 1.807) is 0 Å². The smallest absolute Gasteiger partial charge is 0.222 e. The van der Waals surface area contributed by atoms with E-state index in [1.165, 1.54) is 0 Å². The summed E-state index contributed by atoms with van der Waals surface area (Å²) in [6.45, 7) is 3.51. The van der Waals surface area contributed by atoms with Crippen LogP contribution >= 0.6 is 0 Å². The Morgan fingerprint density at radius 2 is 2.08 bits per heavy atom. The molecule has 1 unspecified atom stereocenters. The number of carbonyl (C=O) groups excluding carboxylic acids is 2. The van der Waals surface area contributed by atoms with E-state index in [0.717, 1.165) is 43.5 Å². The van der Waals surface area contributed by atoms with Gasteiger partial charge in [-0.05, 0) is 36.3 Å². The van der Waals surface area contributed by atoms with Crippen LogP contribution in [0.25, 0.3) is 0 Å². The predicted molar refractivity (Wildman–Crippen MR) is 91.1 cm³/mol. The first kappa shape index (κ1) is 17.0. The van der Waals surface area contributed by atoms with E-state index in [1.807, 2.05) is 29.2 Å². The van der Waals surface area contributed by atoms with Gasteiger partial charge in [0, 0.05) is 45.7 Å². The minimum atomic E-state index is 0.0811. The van der Waals surface area contributed by atoms with Gasteiger partial charge in [-0.3, -0.25) is 9.59 Å². The second-order valence-corrected chi connectivity index (χ2v) is 6.75. The highest BCUT2D eigenvalue weighted by atomic mass is 16.5. The molecule has 2 saturated heterocycles. The van der Waals surface area contributed by atoms with Crippen LogP contribution in [0.4, 0.5) is 0 Å². The number of benzene rings is 1. The third-order valence-electron chi connectivity index (χ3n) is 4.86. The number of hydrogen-bond donors (Lipinski definition) is 1. The fourth-order valence-corrected chi connectivity index (χ4v) is 3.46. The summed E-state index contributed by atoms with van der Waals surface area (Å²) in [5, 5.41) is 3.02. The summed E-state index contributed by atoms with van der Waals surface area (Å²) >= 11 is 0. The molecule has 1 aromatic rings. The molecule has 2 heterocycles. The molecule has 2 fully saturated rings. The first-order valence-electron chi connectivity index (χ1n) is 8.91. The summed E-state index contributed by atoms with van der Waals surface area (Å²) in [6, 6.07) is 8.04. The van der Waals surface area contributed by atoms with Crippen LogP contribution in [-0.2, 0) is 27.4 Å². The highest BCUT2D eigenvalue weighted by molar-refractivity contribution is 5.78. The summed E-state index contributed by atoms with van der Waals surface area (Å²) in [4.78, 5) is 25.9. The van der Waals surface area contributed by atoms with Crippen molar-refractivity contribution in [1.82, 2.24) is 10.2 Å². The molecular weight excluding hydrogens is 304 g/mol. The lowest BCUT2D eigenvalue weighted by Crippen LogP contribution is -2.29. The maximum atomic E-state index is 12.2. The Balaban J connectivity index is 1.52. The van der Waals surface area contributed by atoms with Crippen molar-refractivity contribution in [3.05, 3.63) is 35.4 Å². The third-order valence-corrected chi connectivity index (χ3v) is 4.86. The summed E-state index contributed by atoms with van der Waals surface area (Å²) in [6.07, 6.45) is 4.25. The molecule has 5 heteroatoms. The maximum Gasteiger partial charge on any atom is 0.222 e. The fourth-order valence-electron chi connectivity index (χ4n) is 3.46. The van der Waals surface area contributed by atoms with Crippen molar-refractivity contribution >= 4 is 11.8 Å². The second-order valence-electron chi connectivity index (χ2n) is 6.75. The molecule has 0 saturated carbocycles. The molecule has 3 rings (SSSR count). The molecule has 2 aliphatic rings. The number of carbonyl (C=O) groups is 2. The van der Waals surface area contributed by atoms with Crippen LogP contribution < -0.4 is 5.32 Å². The molecule has 1 aromatic carbocycles. The van der Waals surface area contributed by atoms with Crippen molar-refractivity contribution in [2.24, 2.45) is 5.92 Å². The van der Waals surface area contributed by atoms with Gasteiger partial charge in [0.25, 0.3) is 0 Å². The number of ether oxygens (including phenoxy) is 1.